The molecule has 68 valence electrons. The van der Waals surface area contributed by atoms with Crippen molar-refractivity contribution in [1.29, 1.82) is 0 Å². The first kappa shape index (κ1) is 9.01. The van der Waals surface area contributed by atoms with Crippen molar-refractivity contribution in [1.82, 2.24) is 9.03 Å². The number of aliphatic hydroxyl groups is 1. The zero-order valence-electron chi connectivity index (χ0n) is 6.10. The highest BCUT2D eigenvalue weighted by Crippen LogP contribution is 2.15. The van der Waals surface area contributed by atoms with Gasteiger partial charge < -0.3 is 15.9 Å². The van der Waals surface area contributed by atoms with Crippen LogP contribution in [0.1, 0.15) is 0 Å². The van der Waals surface area contributed by atoms with Crippen LogP contribution in [0.3, 0.4) is 0 Å². The van der Waals surface area contributed by atoms with E-state index in [1.165, 1.54) is 10.5 Å². The van der Waals surface area contributed by atoms with Gasteiger partial charge in [-0.05, 0) is 0 Å². The van der Waals surface area contributed by atoms with E-state index in [-0.39, 0.29) is 12.4 Å². The lowest BCUT2D eigenvalue weighted by Crippen LogP contribution is -2.38. The van der Waals surface area contributed by atoms with E-state index in [1.807, 2.05) is 0 Å². The lowest BCUT2D eigenvalue weighted by Gasteiger charge is -2.14. The standard InChI is InChI=1S/C5H9N3O3S/c6-3(5(10)11)1-8-2-4(9)7-12-8/h2-3,7,9H,1,6H2,(H,10,11)/t3-/m0/s1. The molecule has 0 saturated carbocycles. The fourth-order valence-electron chi connectivity index (χ4n) is 0.656. The van der Waals surface area contributed by atoms with Crippen molar-refractivity contribution in [2.45, 2.75) is 6.04 Å². The highest BCUT2D eigenvalue weighted by molar-refractivity contribution is 7.95. The van der Waals surface area contributed by atoms with Gasteiger partial charge in [0.05, 0.1) is 24.9 Å². The topological polar surface area (TPSA) is 98.8 Å². The maximum absolute atomic E-state index is 10.3. The molecule has 5 N–H and O–H groups in total. The molecule has 0 amide bonds. The second kappa shape index (κ2) is 3.55. The molecule has 0 radical (unpaired) electrons. The van der Waals surface area contributed by atoms with Crippen molar-refractivity contribution in [2.24, 2.45) is 5.73 Å². The zero-order chi connectivity index (χ0) is 9.14. The lowest BCUT2D eigenvalue weighted by atomic mass is 10.3. The highest BCUT2D eigenvalue weighted by Gasteiger charge is 2.19. The van der Waals surface area contributed by atoms with Crippen LogP contribution < -0.4 is 10.5 Å². The Kier molecular flexibility index (Phi) is 2.66. The molecule has 0 saturated heterocycles. The van der Waals surface area contributed by atoms with E-state index in [0.717, 1.165) is 12.1 Å². The van der Waals surface area contributed by atoms with Crippen molar-refractivity contribution in [3.63, 3.8) is 0 Å². The maximum Gasteiger partial charge on any atom is 0.322 e. The Hall–Kier alpha value is -1.08. The van der Waals surface area contributed by atoms with E-state index < -0.39 is 12.0 Å². The van der Waals surface area contributed by atoms with Crippen LogP contribution in [-0.2, 0) is 4.79 Å². The monoisotopic (exact) mass is 191 g/mol. The summed E-state index contributed by atoms with van der Waals surface area (Å²) in [7, 11) is 0. The lowest BCUT2D eigenvalue weighted by molar-refractivity contribution is -0.138. The average molecular weight is 191 g/mol. The predicted molar refractivity (Wildman–Crippen MR) is 43.8 cm³/mol. The highest BCUT2D eigenvalue weighted by atomic mass is 32.2. The summed E-state index contributed by atoms with van der Waals surface area (Å²) in [4.78, 5) is 10.3. The Morgan fingerprint density at radius 2 is 2.58 bits per heavy atom. The Balaban J connectivity index is 2.37. The third kappa shape index (κ3) is 2.21. The molecule has 0 aromatic rings. The summed E-state index contributed by atoms with van der Waals surface area (Å²) >= 11 is 1.09. The smallest absolute Gasteiger partial charge is 0.322 e. The van der Waals surface area contributed by atoms with Crippen LogP contribution >= 0.6 is 12.1 Å². The van der Waals surface area contributed by atoms with Gasteiger partial charge in [0.1, 0.15) is 6.04 Å². The summed E-state index contributed by atoms with van der Waals surface area (Å²) in [6.07, 6.45) is 1.38. The maximum atomic E-state index is 10.3. The van der Waals surface area contributed by atoms with Crippen molar-refractivity contribution >= 4 is 18.1 Å². The summed E-state index contributed by atoms with van der Waals surface area (Å²) in [5.74, 6) is -1.06. The van der Waals surface area contributed by atoms with Crippen LogP contribution in [-0.4, -0.2) is 33.1 Å². The number of nitrogens with two attached hydrogens (primary N) is 1. The Morgan fingerprint density at radius 3 is 3.00 bits per heavy atom. The first-order valence-corrected chi connectivity index (χ1v) is 3.95. The molecule has 0 aromatic heterocycles. The second-order valence-electron chi connectivity index (χ2n) is 2.25. The molecular weight excluding hydrogens is 182 g/mol. The first-order valence-electron chi connectivity index (χ1n) is 3.18. The molecule has 0 bridgehead atoms. The van der Waals surface area contributed by atoms with Crippen LogP contribution in [0.5, 0.6) is 0 Å². The number of carbonyl (C=O) groups is 1. The van der Waals surface area contributed by atoms with Gasteiger partial charge in [-0.15, -0.1) is 0 Å². The predicted octanol–water partition coefficient (Wildman–Crippen LogP) is -0.776. The number of rotatable bonds is 3. The van der Waals surface area contributed by atoms with Crippen molar-refractivity contribution in [2.75, 3.05) is 6.54 Å². The van der Waals surface area contributed by atoms with E-state index in [4.69, 9.17) is 15.9 Å². The molecule has 1 rings (SSSR count). The zero-order valence-corrected chi connectivity index (χ0v) is 6.91. The molecule has 12 heavy (non-hydrogen) atoms. The molecule has 0 unspecified atom stereocenters. The summed E-state index contributed by atoms with van der Waals surface area (Å²) in [6.45, 7) is 0.150. The SMILES string of the molecule is N[C@@H](CN1C=C(O)NS1)C(=O)O. The van der Waals surface area contributed by atoms with E-state index >= 15 is 0 Å². The van der Waals surface area contributed by atoms with Crippen LogP contribution in [0.25, 0.3) is 0 Å². The number of aliphatic carboxylic acids is 1. The van der Waals surface area contributed by atoms with E-state index in [2.05, 4.69) is 4.72 Å². The largest absolute Gasteiger partial charge is 0.493 e. The van der Waals surface area contributed by atoms with Gasteiger partial charge in [0, 0.05) is 0 Å². The quantitative estimate of drug-likeness (QED) is 0.434. The van der Waals surface area contributed by atoms with Crippen LogP contribution in [0.4, 0.5) is 0 Å². The summed E-state index contributed by atoms with van der Waals surface area (Å²) < 4.78 is 4.03. The summed E-state index contributed by atoms with van der Waals surface area (Å²) in [5.41, 5.74) is 5.25. The molecule has 0 fully saturated rings. The number of aliphatic hydroxyl groups excluding tert-OH is 1. The number of carboxylic acid groups (broad SMARTS) is 1. The summed E-state index contributed by atoms with van der Waals surface area (Å²) in [6, 6.07) is -0.943. The van der Waals surface area contributed by atoms with Gasteiger partial charge in [-0.1, -0.05) is 0 Å². The first-order chi connectivity index (χ1) is 5.59. The minimum Gasteiger partial charge on any atom is -0.493 e. The van der Waals surface area contributed by atoms with Crippen molar-refractivity contribution in [3.8, 4) is 0 Å². The Labute approximate surface area is 73.3 Å². The van der Waals surface area contributed by atoms with Gasteiger partial charge in [-0.25, -0.2) is 0 Å². The molecule has 1 aliphatic rings. The molecule has 0 spiro atoms. The molecule has 0 aromatic carbocycles. The van der Waals surface area contributed by atoms with E-state index in [1.54, 1.807) is 0 Å². The molecule has 1 atom stereocenters. The number of nitrogens with zero attached hydrogens (tertiary/aromatic N) is 1. The third-order valence-electron chi connectivity index (χ3n) is 1.23. The Morgan fingerprint density at radius 1 is 1.92 bits per heavy atom. The van der Waals surface area contributed by atoms with E-state index in [9.17, 15) is 4.79 Å². The van der Waals surface area contributed by atoms with Crippen LogP contribution in [0, 0.1) is 0 Å². The van der Waals surface area contributed by atoms with Gasteiger partial charge in [-0.3, -0.25) is 13.8 Å². The van der Waals surface area contributed by atoms with Gasteiger partial charge >= 0.3 is 5.97 Å². The minimum atomic E-state index is -1.06. The molecular formula is C5H9N3O3S. The normalized spacial score (nSPS) is 18.4. The molecule has 0 aliphatic carbocycles. The molecule has 7 heteroatoms. The van der Waals surface area contributed by atoms with Crippen molar-refractivity contribution in [3.05, 3.63) is 12.1 Å². The third-order valence-corrected chi connectivity index (χ3v) is 2.02. The number of carboxylic acids is 1. The number of hydrogen-bond acceptors (Lipinski definition) is 6. The van der Waals surface area contributed by atoms with Crippen LogP contribution in [0.15, 0.2) is 12.1 Å². The Bertz CT molecular complexity index is 220. The van der Waals surface area contributed by atoms with Gasteiger partial charge in [0.2, 0.25) is 5.88 Å². The van der Waals surface area contributed by atoms with Gasteiger partial charge in [-0.2, -0.15) is 0 Å². The number of nitrogens with one attached hydrogen (secondary N) is 1. The fourth-order valence-corrected chi connectivity index (χ4v) is 1.31. The fraction of sp³-hybridized carbons (Fsp3) is 0.400. The average Bonchev–Trinajstić information content (AvgIpc) is 2.35. The summed E-state index contributed by atoms with van der Waals surface area (Å²) in [5, 5.41) is 17.3. The van der Waals surface area contributed by atoms with Crippen molar-refractivity contribution < 1.29 is 15.0 Å². The number of hydrogen-bond donors (Lipinski definition) is 4. The van der Waals surface area contributed by atoms with Gasteiger partial charge in [0.25, 0.3) is 0 Å². The van der Waals surface area contributed by atoms with E-state index in [0.29, 0.717) is 0 Å². The van der Waals surface area contributed by atoms with Gasteiger partial charge in [0.15, 0.2) is 0 Å². The van der Waals surface area contributed by atoms with Crippen LogP contribution in [0.2, 0.25) is 0 Å². The molecule has 1 heterocycles. The molecule has 1 aliphatic heterocycles. The molecule has 6 nitrogen and oxygen atoms in total. The second-order valence-corrected chi connectivity index (χ2v) is 3.11. The minimum absolute atomic E-state index is 0.00223.